The van der Waals surface area contributed by atoms with Gasteiger partial charge in [0, 0.05) is 19.1 Å². The van der Waals surface area contributed by atoms with Crippen molar-refractivity contribution in [1.29, 1.82) is 0 Å². The summed E-state index contributed by atoms with van der Waals surface area (Å²) >= 11 is 0. The third-order valence-corrected chi connectivity index (χ3v) is 3.46. The minimum absolute atomic E-state index is 0.180. The van der Waals surface area contributed by atoms with Crippen LogP contribution in [0.1, 0.15) is 26.2 Å². The maximum Gasteiger partial charge on any atom is 0.234 e. The molecular weight excluding hydrogens is 202 g/mol. The first-order valence-corrected chi connectivity index (χ1v) is 6.26. The second-order valence-corrected chi connectivity index (χ2v) is 5.75. The zero-order valence-corrected chi connectivity index (χ0v) is 10.4. The molecule has 0 bridgehead atoms. The highest BCUT2D eigenvalue weighted by Crippen LogP contribution is 2.25. The van der Waals surface area contributed by atoms with Crippen molar-refractivity contribution in [2.45, 2.75) is 32.2 Å². The van der Waals surface area contributed by atoms with E-state index in [1.807, 2.05) is 7.05 Å². The molecule has 0 aromatic carbocycles. The minimum Gasteiger partial charge on any atom is -0.352 e. The van der Waals surface area contributed by atoms with E-state index in [1.165, 1.54) is 6.42 Å². The molecule has 1 amide bonds. The molecule has 0 radical (unpaired) electrons. The molecule has 1 aliphatic heterocycles. The fourth-order valence-electron chi connectivity index (χ4n) is 2.46. The Bertz CT molecular complexity index is 257. The number of hydrogen-bond acceptors (Lipinski definition) is 3. The molecule has 2 aliphatic rings. The van der Waals surface area contributed by atoms with Crippen molar-refractivity contribution in [1.82, 2.24) is 15.5 Å². The molecule has 2 rings (SSSR count). The van der Waals surface area contributed by atoms with E-state index in [-0.39, 0.29) is 5.91 Å². The maximum absolute atomic E-state index is 11.6. The van der Waals surface area contributed by atoms with Gasteiger partial charge in [-0.3, -0.25) is 9.69 Å². The van der Waals surface area contributed by atoms with E-state index in [0.29, 0.717) is 18.0 Å². The summed E-state index contributed by atoms with van der Waals surface area (Å²) in [6.07, 6.45) is 3.54. The average molecular weight is 225 g/mol. The Balaban J connectivity index is 1.70. The van der Waals surface area contributed by atoms with Gasteiger partial charge in [-0.25, -0.2) is 0 Å². The van der Waals surface area contributed by atoms with Gasteiger partial charge >= 0.3 is 0 Å². The number of nitrogens with zero attached hydrogens (tertiary/aromatic N) is 1. The second-order valence-electron chi connectivity index (χ2n) is 5.75. The lowest BCUT2D eigenvalue weighted by molar-refractivity contribution is -0.122. The molecular formula is C12H23N3O. The van der Waals surface area contributed by atoms with Crippen LogP contribution in [0.25, 0.3) is 0 Å². The highest BCUT2D eigenvalue weighted by molar-refractivity contribution is 5.78. The zero-order chi connectivity index (χ0) is 11.6. The lowest BCUT2D eigenvalue weighted by Crippen LogP contribution is -2.41. The molecule has 0 aromatic heterocycles. The standard InChI is InChI=1S/C12H23N3O/c1-12(5-6-13-8-12)9-15(2)7-11(16)14-10-3-4-10/h10,13H,3-9H2,1-2H3,(H,14,16). The highest BCUT2D eigenvalue weighted by Gasteiger charge is 2.30. The molecule has 0 spiro atoms. The SMILES string of the molecule is CN(CC(=O)NC1CC1)CC1(C)CCNC1. The normalized spacial score (nSPS) is 29.7. The van der Waals surface area contributed by atoms with Crippen molar-refractivity contribution in [2.24, 2.45) is 5.41 Å². The summed E-state index contributed by atoms with van der Waals surface area (Å²) in [6.45, 7) is 6.01. The van der Waals surface area contributed by atoms with Crippen LogP contribution in [-0.4, -0.2) is 50.1 Å². The van der Waals surface area contributed by atoms with Gasteiger partial charge in [-0.2, -0.15) is 0 Å². The number of nitrogens with one attached hydrogen (secondary N) is 2. The Kier molecular flexibility index (Phi) is 3.50. The Labute approximate surface area is 97.8 Å². The van der Waals surface area contributed by atoms with Crippen LogP contribution in [0, 0.1) is 5.41 Å². The molecule has 16 heavy (non-hydrogen) atoms. The third-order valence-electron chi connectivity index (χ3n) is 3.46. The predicted octanol–water partition coefficient (Wildman–Crippen LogP) is 0.196. The minimum atomic E-state index is 0.180. The van der Waals surface area contributed by atoms with Gasteiger partial charge in [0.1, 0.15) is 0 Å². The summed E-state index contributed by atoms with van der Waals surface area (Å²) < 4.78 is 0. The van der Waals surface area contributed by atoms with E-state index >= 15 is 0 Å². The Morgan fingerprint density at radius 2 is 2.31 bits per heavy atom. The topological polar surface area (TPSA) is 44.4 Å². The number of carbonyl (C=O) groups is 1. The van der Waals surface area contributed by atoms with Crippen LogP contribution >= 0.6 is 0 Å². The van der Waals surface area contributed by atoms with E-state index in [0.717, 1.165) is 32.5 Å². The third kappa shape index (κ3) is 3.46. The van der Waals surface area contributed by atoms with Crippen LogP contribution in [0.5, 0.6) is 0 Å². The molecule has 0 aromatic rings. The summed E-state index contributed by atoms with van der Waals surface area (Å²) in [4.78, 5) is 13.8. The molecule has 1 aliphatic carbocycles. The first-order valence-electron chi connectivity index (χ1n) is 6.26. The Morgan fingerprint density at radius 3 is 2.88 bits per heavy atom. The number of amides is 1. The molecule has 4 heteroatoms. The monoisotopic (exact) mass is 225 g/mol. The Hall–Kier alpha value is -0.610. The van der Waals surface area contributed by atoms with Crippen molar-refractivity contribution >= 4 is 5.91 Å². The number of likely N-dealkylation sites (N-methyl/N-ethyl adjacent to an activating group) is 1. The van der Waals surface area contributed by atoms with Gasteiger partial charge < -0.3 is 10.6 Å². The quantitative estimate of drug-likeness (QED) is 0.702. The van der Waals surface area contributed by atoms with Crippen molar-refractivity contribution in [2.75, 3.05) is 33.2 Å². The summed E-state index contributed by atoms with van der Waals surface area (Å²) in [7, 11) is 2.04. The molecule has 1 saturated carbocycles. The van der Waals surface area contributed by atoms with Crippen LogP contribution < -0.4 is 10.6 Å². The summed E-state index contributed by atoms with van der Waals surface area (Å²) in [5, 5.41) is 6.41. The largest absolute Gasteiger partial charge is 0.352 e. The number of carbonyl (C=O) groups excluding carboxylic acids is 1. The van der Waals surface area contributed by atoms with E-state index < -0.39 is 0 Å². The fourth-order valence-corrected chi connectivity index (χ4v) is 2.46. The fraction of sp³-hybridized carbons (Fsp3) is 0.917. The molecule has 2 fully saturated rings. The van der Waals surface area contributed by atoms with Crippen molar-refractivity contribution < 1.29 is 4.79 Å². The average Bonchev–Trinajstić information content (AvgIpc) is 2.87. The highest BCUT2D eigenvalue weighted by atomic mass is 16.2. The number of hydrogen-bond donors (Lipinski definition) is 2. The molecule has 4 nitrogen and oxygen atoms in total. The van der Waals surface area contributed by atoms with Crippen LogP contribution in [0.2, 0.25) is 0 Å². The van der Waals surface area contributed by atoms with Gasteiger partial charge in [-0.05, 0) is 38.3 Å². The van der Waals surface area contributed by atoms with Crippen LogP contribution in [-0.2, 0) is 4.79 Å². The van der Waals surface area contributed by atoms with Crippen LogP contribution in [0.4, 0.5) is 0 Å². The van der Waals surface area contributed by atoms with Crippen LogP contribution in [0.15, 0.2) is 0 Å². The lowest BCUT2D eigenvalue weighted by atomic mass is 9.89. The first kappa shape index (κ1) is 11.9. The van der Waals surface area contributed by atoms with E-state index in [4.69, 9.17) is 0 Å². The smallest absolute Gasteiger partial charge is 0.234 e. The first-order chi connectivity index (χ1) is 7.57. The summed E-state index contributed by atoms with van der Waals surface area (Å²) in [5.74, 6) is 0.180. The van der Waals surface area contributed by atoms with Gasteiger partial charge in [0.05, 0.1) is 6.54 Å². The predicted molar refractivity (Wildman–Crippen MR) is 64.3 cm³/mol. The zero-order valence-electron chi connectivity index (χ0n) is 10.4. The summed E-state index contributed by atoms with van der Waals surface area (Å²) in [6, 6.07) is 0.477. The van der Waals surface area contributed by atoms with Gasteiger partial charge in [0.25, 0.3) is 0 Å². The van der Waals surface area contributed by atoms with E-state index in [2.05, 4.69) is 22.5 Å². The molecule has 1 unspecified atom stereocenters. The number of rotatable bonds is 5. The molecule has 2 N–H and O–H groups in total. The Morgan fingerprint density at radius 1 is 1.56 bits per heavy atom. The molecule has 1 atom stereocenters. The van der Waals surface area contributed by atoms with Crippen molar-refractivity contribution in [3.05, 3.63) is 0 Å². The van der Waals surface area contributed by atoms with Crippen LogP contribution in [0.3, 0.4) is 0 Å². The van der Waals surface area contributed by atoms with E-state index in [9.17, 15) is 4.79 Å². The van der Waals surface area contributed by atoms with Gasteiger partial charge in [0.15, 0.2) is 0 Å². The maximum atomic E-state index is 11.6. The molecule has 1 saturated heterocycles. The van der Waals surface area contributed by atoms with Gasteiger partial charge in [0.2, 0.25) is 5.91 Å². The van der Waals surface area contributed by atoms with E-state index in [1.54, 1.807) is 0 Å². The molecule has 1 heterocycles. The lowest BCUT2D eigenvalue weighted by Gasteiger charge is -2.28. The van der Waals surface area contributed by atoms with Crippen molar-refractivity contribution in [3.63, 3.8) is 0 Å². The molecule has 92 valence electrons. The van der Waals surface area contributed by atoms with Crippen molar-refractivity contribution in [3.8, 4) is 0 Å². The van der Waals surface area contributed by atoms with Gasteiger partial charge in [-0.15, -0.1) is 0 Å². The summed E-state index contributed by atoms with van der Waals surface area (Å²) in [5.41, 5.74) is 0.342. The van der Waals surface area contributed by atoms with Gasteiger partial charge in [-0.1, -0.05) is 6.92 Å². The second kappa shape index (κ2) is 4.72.